The summed E-state index contributed by atoms with van der Waals surface area (Å²) in [5.74, 6) is 0.0329. The molecule has 0 saturated carbocycles. The average Bonchev–Trinajstić information content (AvgIpc) is 2.69. The van der Waals surface area contributed by atoms with Crippen LogP contribution < -0.4 is 4.72 Å². The van der Waals surface area contributed by atoms with E-state index < -0.39 is 36.0 Å². The predicted octanol–water partition coefficient (Wildman–Crippen LogP) is 1.39. The third-order valence-electron chi connectivity index (χ3n) is 1.96. The molecule has 0 aromatic carbocycles. The number of halogens is 4. The molecule has 1 aromatic heterocycles. The average molecular weight is 382 g/mol. The van der Waals surface area contributed by atoms with Crippen LogP contribution in [-0.2, 0) is 21.4 Å². The van der Waals surface area contributed by atoms with Gasteiger partial charge in [0.05, 0.1) is 6.61 Å². The number of ether oxygens (including phenoxy) is 1. The van der Waals surface area contributed by atoms with Gasteiger partial charge in [-0.15, -0.1) is 0 Å². The van der Waals surface area contributed by atoms with E-state index in [-0.39, 0.29) is 21.9 Å². The van der Waals surface area contributed by atoms with Gasteiger partial charge in [-0.25, -0.2) is 13.1 Å². The van der Waals surface area contributed by atoms with E-state index in [1.165, 1.54) is 0 Å². The topological polar surface area (TPSA) is 88.8 Å². The Morgan fingerprint density at radius 2 is 2.10 bits per heavy atom. The Balaban J connectivity index is 2.51. The first kappa shape index (κ1) is 17.4. The van der Waals surface area contributed by atoms with Crippen LogP contribution in [0.5, 0.6) is 0 Å². The lowest BCUT2D eigenvalue weighted by Gasteiger charge is -2.08. The molecule has 0 aliphatic rings. The van der Waals surface area contributed by atoms with Gasteiger partial charge in [0.25, 0.3) is 0 Å². The molecule has 0 fully saturated rings. The first-order chi connectivity index (χ1) is 9.15. The highest BCUT2D eigenvalue weighted by Crippen LogP contribution is 2.25. The molecular weight excluding hydrogens is 371 g/mol. The van der Waals surface area contributed by atoms with Crippen molar-refractivity contribution in [2.75, 3.05) is 19.8 Å². The third kappa shape index (κ3) is 5.40. The smallest absolute Gasteiger partial charge is 0.411 e. The Labute approximate surface area is 121 Å². The fraction of sp³-hybridized carbons (Fsp3) is 0.556. The second-order valence-corrected chi connectivity index (χ2v) is 6.03. The maximum atomic E-state index is 11.8. The minimum absolute atomic E-state index is 0.0329. The zero-order chi connectivity index (χ0) is 15.4. The van der Waals surface area contributed by atoms with Crippen molar-refractivity contribution in [1.82, 2.24) is 4.72 Å². The van der Waals surface area contributed by atoms with E-state index in [2.05, 4.69) is 20.7 Å². The molecule has 0 aliphatic heterocycles. The van der Waals surface area contributed by atoms with E-state index in [0.717, 1.165) is 6.07 Å². The highest BCUT2D eigenvalue weighted by atomic mass is 79.9. The molecule has 116 valence electrons. The van der Waals surface area contributed by atoms with E-state index in [0.29, 0.717) is 0 Å². The zero-order valence-electron chi connectivity index (χ0n) is 9.91. The summed E-state index contributed by atoms with van der Waals surface area (Å²) in [6.07, 6.45) is -4.46. The molecule has 0 saturated heterocycles. The Hall–Kier alpha value is -0.620. The molecule has 6 nitrogen and oxygen atoms in total. The van der Waals surface area contributed by atoms with Crippen molar-refractivity contribution >= 4 is 26.0 Å². The van der Waals surface area contributed by atoms with Crippen molar-refractivity contribution in [3.05, 3.63) is 16.5 Å². The molecule has 0 atom stereocenters. The fourth-order valence-corrected chi connectivity index (χ4v) is 3.18. The minimum Gasteiger partial charge on any atom is -0.450 e. The van der Waals surface area contributed by atoms with Crippen molar-refractivity contribution in [3.8, 4) is 0 Å². The van der Waals surface area contributed by atoms with Gasteiger partial charge in [0.1, 0.15) is 23.9 Å². The summed E-state index contributed by atoms with van der Waals surface area (Å²) < 4.78 is 70.0. The number of aliphatic hydroxyl groups is 1. The SMILES string of the molecule is O=S(=O)(NCCOCC(F)(F)F)c1cc(CO)oc1Br. The van der Waals surface area contributed by atoms with Gasteiger partial charge in [0.15, 0.2) is 4.67 Å². The van der Waals surface area contributed by atoms with Crippen LogP contribution >= 0.6 is 15.9 Å². The Morgan fingerprint density at radius 3 is 2.60 bits per heavy atom. The molecule has 0 radical (unpaired) electrons. The summed E-state index contributed by atoms with van der Waals surface area (Å²) in [4.78, 5) is -0.252. The monoisotopic (exact) mass is 381 g/mol. The second kappa shape index (κ2) is 6.89. The van der Waals surface area contributed by atoms with E-state index in [1.54, 1.807) is 0 Å². The highest BCUT2D eigenvalue weighted by molar-refractivity contribution is 9.10. The summed E-state index contributed by atoms with van der Waals surface area (Å²) in [6, 6.07) is 1.10. The summed E-state index contributed by atoms with van der Waals surface area (Å²) in [7, 11) is -3.96. The van der Waals surface area contributed by atoms with E-state index in [1.807, 2.05) is 4.72 Å². The van der Waals surface area contributed by atoms with Gasteiger partial charge >= 0.3 is 6.18 Å². The third-order valence-corrected chi connectivity index (χ3v) is 4.27. The first-order valence-electron chi connectivity index (χ1n) is 5.19. The van der Waals surface area contributed by atoms with E-state index in [4.69, 9.17) is 9.52 Å². The number of alkyl halides is 3. The van der Waals surface area contributed by atoms with Gasteiger partial charge in [-0.2, -0.15) is 13.2 Å². The van der Waals surface area contributed by atoms with Crippen LogP contribution in [0.4, 0.5) is 13.2 Å². The van der Waals surface area contributed by atoms with Crippen LogP contribution in [0.3, 0.4) is 0 Å². The van der Waals surface area contributed by atoms with Gasteiger partial charge in [-0.1, -0.05) is 0 Å². The lowest BCUT2D eigenvalue weighted by Crippen LogP contribution is -2.29. The number of hydrogen-bond donors (Lipinski definition) is 2. The molecule has 1 aromatic rings. The number of furan rings is 1. The van der Waals surface area contributed by atoms with Crippen molar-refractivity contribution in [2.24, 2.45) is 0 Å². The number of nitrogens with one attached hydrogen (secondary N) is 1. The highest BCUT2D eigenvalue weighted by Gasteiger charge is 2.27. The minimum atomic E-state index is -4.46. The molecule has 0 spiro atoms. The van der Waals surface area contributed by atoms with Gasteiger partial charge in [0.2, 0.25) is 10.0 Å². The van der Waals surface area contributed by atoms with Crippen molar-refractivity contribution in [1.29, 1.82) is 0 Å². The molecule has 1 heterocycles. The van der Waals surface area contributed by atoms with E-state index >= 15 is 0 Å². The fourth-order valence-electron chi connectivity index (χ4n) is 1.17. The second-order valence-electron chi connectivity index (χ2n) is 3.57. The number of sulfonamides is 1. The number of aliphatic hydroxyl groups excluding tert-OH is 1. The van der Waals surface area contributed by atoms with Gasteiger partial charge in [-0.3, -0.25) is 0 Å². The molecule has 11 heteroatoms. The van der Waals surface area contributed by atoms with Crippen LogP contribution in [0.2, 0.25) is 0 Å². The quantitative estimate of drug-likeness (QED) is 0.696. The maximum Gasteiger partial charge on any atom is 0.411 e. The summed E-state index contributed by atoms with van der Waals surface area (Å²) >= 11 is 2.87. The maximum absolute atomic E-state index is 11.8. The van der Waals surface area contributed by atoms with Gasteiger partial charge < -0.3 is 14.3 Å². The molecule has 0 unspecified atom stereocenters. The van der Waals surface area contributed by atoms with Gasteiger partial charge in [0, 0.05) is 12.6 Å². The largest absolute Gasteiger partial charge is 0.450 e. The van der Waals surface area contributed by atoms with Crippen molar-refractivity contribution < 1.29 is 35.8 Å². The molecule has 0 amide bonds. The van der Waals surface area contributed by atoms with Crippen molar-refractivity contribution in [3.63, 3.8) is 0 Å². The summed E-state index contributed by atoms with van der Waals surface area (Å²) in [5, 5.41) is 8.81. The molecule has 2 N–H and O–H groups in total. The van der Waals surface area contributed by atoms with Crippen LogP contribution in [0.15, 0.2) is 20.0 Å². The van der Waals surface area contributed by atoms with Crippen LogP contribution in [0, 0.1) is 0 Å². The Morgan fingerprint density at radius 1 is 1.45 bits per heavy atom. The summed E-state index contributed by atoms with van der Waals surface area (Å²) in [6.45, 7) is -2.69. The van der Waals surface area contributed by atoms with Crippen LogP contribution in [0.25, 0.3) is 0 Å². The lowest BCUT2D eigenvalue weighted by atomic mass is 10.5. The van der Waals surface area contributed by atoms with Gasteiger partial charge in [-0.05, 0) is 15.9 Å². The number of hydrogen-bond acceptors (Lipinski definition) is 5. The van der Waals surface area contributed by atoms with Crippen molar-refractivity contribution in [2.45, 2.75) is 17.7 Å². The first-order valence-corrected chi connectivity index (χ1v) is 7.46. The molecule has 0 bridgehead atoms. The lowest BCUT2D eigenvalue weighted by molar-refractivity contribution is -0.173. The van der Waals surface area contributed by atoms with Crippen LogP contribution in [0.1, 0.15) is 5.76 Å². The van der Waals surface area contributed by atoms with Crippen LogP contribution in [-0.4, -0.2) is 39.5 Å². The normalized spacial score (nSPS) is 12.8. The summed E-state index contributed by atoms with van der Waals surface area (Å²) in [5.41, 5.74) is 0. The zero-order valence-corrected chi connectivity index (χ0v) is 12.3. The Bertz CT molecular complexity index is 542. The Kier molecular flexibility index (Phi) is 6.01. The number of rotatable bonds is 7. The molecule has 0 aliphatic carbocycles. The molecular formula is C9H11BrF3NO5S. The standard InChI is InChI=1S/C9H11BrF3NO5S/c10-8-7(3-6(4-15)19-8)20(16,17)14-1-2-18-5-9(11,12)13/h3,14-15H,1-2,4-5H2. The predicted molar refractivity (Wildman–Crippen MR) is 64.4 cm³/mol. The molecule has 20 heavy (non-hydrogen) atoms. The molecule has 1 rings (SSSR count). The van der Waals surface area contributed by atoms with E-state index in [9.17, 15) is 21.6 Å².